The molecule has 3 heteroatoms. The lowest BCUT2D eigenvalue weighted by molar-refractivity contribution is 0.493. The van der Waals surface area contributed by atoms with Crippen molar-refractivity contribution in [1.29, 1.82) is 0 Å². The number of rotatable bonds is 2. The standard InChI is InChI=1S/C14H21N3/c1-12-5-7-13(8-6-12)11-16-14(15-2)17-9-3-4-10-17/h5-8H,3-4,9-11H2,1-2H3,(H,15,16). The lowest BCUT2D eigenvalue weighted by Gasteiger charge is -2.20. The quantitative estimate of drug-likeness (QED) is 0.624. The zero-order chi connectivity index (χ0) is 12.1. The first-order valence-electron chi connectivity index (χ1n) is 6.31. The van der Waals surface area contributed by atoms with E-state index in [1.807, 2.05) is 7.05 Å². The number of hydrogen-bond donors (Lipinski definition) is 1. The first kappa shape index (κ1) is 12.0. The van der Waals surface area contributed by atoms with Crippen molar-refractivity contribution in [3.05, 3.63) is 35.4 Å². The number of aliphatic imine (C=N–C) groups is 1. The Bertz CT molecular complexity index is 375. The van der Waals surface area contributed by atoms with Crippen molar-refractivity contribution >= 4 is 5.96 Å². The zero-order valence-corrected chi connectivity index (χ0v) is 10.7. The summed E-state index contributed by atoms with van der Waals surface area (Å²) in [5.41, 5.74) is 2.61. The first-order chi connectivity index (χ1) is 8.29. The minimum Gasteiger partial charge on any atom is -0.352 e. The van der Waals surface area contributed by atoms with Crippen molar-refractivity contribution in [3.8, 4) is 0 Å². The summed E-state index contributed by atoms with van der Waals surface area (Å²) in [5.74, 6) is 1.03. The molecule has 1 aliphatic rings. The van der Waals surface area contributed by atoms with Gasteiger partial charge in [0.15, 0.2) is 5.96 Å². The minimum absolute atomic E-state index is 0.851. The van der Waals surface area contributed by atoms with E-state index in [2.05, 4.69) is 46.4 Å². The molecule has 0 atom stereocenters. The number of likely N-dealkylation sites (tertiary alicyclic amines) is 1. The van der Waals surface area contributed by atoms with E-state index in [1.165, 1.54) is 24.0 Å². The summed E-state index contributed by atoms with van der Waals surface area (Å²) in [4.78, 5) is 6.66. The molecule has 1 saturated heterocycles. The number of benzene rings is 1. The molecule has 0 unspecified atom stereocenters. The van der Waals surface area contributed by atoms with E-state index in [9.17, 15) is 0 Å². The maximum absolute atomic E-state index is 4.33. The Morgan fingerprint density at radius 3 is 2.47 bits per heavy atom. The van der Waals surface area contributed by atoms with Gasteiger partial charge >= 0.3 is 0 Å². The first-order valence-corrected chi connectivity index (χ1v) is 6.31. The largest absolute Gasteiger partial charge is 0.352 e. The molecule has 0 bridgehead atoms. The number of nitrogens with zero attached hydrogens (tertiary/aromatic N) is 2. The van der Waals surface area contributed by atoms with E-state index in [-0.39, 0.29) is 0 Å². The summed E-state index contributed by atoms with van der Waals surface area (Å²) < 4.78 is 0. The Balaban J connectivity index is 1.89. The van der Waals surface area contributed by atoms with Crippen molar-refractivity contribution in [2.24, 2.45) is 4.99 Å². The van der Waals surface area contributed by atoms with Gasteiger partial charge in [0, 0.05) is 26.7 Å². The third-order valence-corrected chi connectivity index (χ3v) is 3.19. The average molecular weight is 231 g/mol. The second-order valence-corrected chi connectivity index (χ2v) is 4.58. The molecule has 0 saturated carbocycles. The van der Waals surface area contributed by atoms with Gasteiger partial charge in [0.25, 0.3) is 0 Å². The molecule has 1 aromatic carbocycles. The summed E-state index contributed by atoms with van der Waals surface area (Å²) in [6.07, 6.45) is 2.57. The van der Waals surface area contributed by atoms with Crippen molar-refractivity contribution in [3.63, 3.8) is 0 Å². The molecule has 92 valence electrons. The van der Waals surface area contributed by atoms with Crippen LogP contribution in [0, 0.1) is 6.92 Å². The van der Waals surface area contributed by atoms with Gasteiger partial charge in [-0.1, -0.05) is 29.8 Å². The molecule has 0 aliphatic carbocycles. The van der Waals surface area contributed by atoms with Crippen LogP contribution in [-0.2, 0) is 6.54 Å². The maximum atomic E-state index is 4.33. The Labute approximate surface area is 104 Å². The Morgan fingerprint density at radius 2 is 1.88 bits per heavy atom. The molecule has 1 aliphatic heterocycles. The van der Waals surface area contributed by atoms with Gasteiger partial charge in [0.05, 0.1) is 0 Å². The van der Waals surface area contributed by atoms with Gasteiger partial charge in [0.1, 0.15) is 0 Å². The minimum atomic E-state index is 0.851. The van der Waals surface area contributed by atoms with Crippen LogP contribution in [0.15, 0.2) is 29.3 Å². The fourth-order valence-corrected chi connectivity index (χ4v) is 2.15. The fourth-order valence-electron chi connectivity index (χ4n) is 2.15. The van der Waals surface area contributed by atoms with E-state index in [4.69, 9.17) is 0 Å². The maximum Gasteiger partial charge on any atom is 0.193 e. The van der Waals surface area contributed by atoms with Crippen molar-refractivity contribution in [1.82, 2.24) is 10.2 Å². The molecule has 1 fully saturated rings. The predicted octanol–water partition coefficient (Wildman–Crippen LogP) is 2.17. The van der Waals surface area contributed by atoms with E-state index >= 15 is 0 Å². The average Bonchev–Trinajstić information content (AvgIpc) is 2.86. The van der Waals surface area contributed by atoms with E-state index < -0.39 is 0 Å². The third kappa shape index (κ3) is 3.22. The number of hydrogen-bond acceptors (Lipinski definition) is 1. The lowest BCUT2D eigenvalue weighted by atomic mass is 10.1. The molecular weight excluding hydrogens is 210 g/mol. The monoisotopic (exact) mass is 231 g/mol. The third-order valence-electron chi connectivity index (χ3n) is 3.19. The van der Waals surface area contributed by atoms with Crippen molar-refractivity contribution in [2.75, 3.05) is 20.1 Å². The molecule has 0 amide bonds. The Hall–Kier alpha value is -1.51. The van der Waals surface area contributed by atoms with Gasteiger partial charge in [-0.25, -0.2) is 0 Å². The second kappa shape index (κ2) is 5.71. The SMILES string of the molecule is CN=C(NCc1ccc(C)cc1)N1CCCC1. The highest BCUT2D eigenvalue weighted by atomic mass is 15.3. The number of nitrogens with one attached hydrogen (secondary N) is 1. The fraction of sp³-hybridized carbons (Fsp3) is 0.500. The molecule has 1 N–H and O–H groups in total. The van der Waals surface area contributed by atoms with Gasteiger partial charge < -0.3 is 10.2 Å². The van der Waals surface area contributed by atoms with Crippen LogP contribution < -0.4 is 5.32 Å². The van der Waals surface area contributed by atoms with E-state index in [1.54, 1.807) is 0 Å². The second-order valence-electron chi connectivity index (χ2n) is 4.58. The normalized spacial score (nSPS) is 16.4. The molecule has 1 aromatic rings. The molecule has 17 heavy (non-hydrogen) atoms. The summed E-state index contributed by atoms with van der Waals surface area (Å²) in [7, 11) is 1.86. The smallest absolute Gasteiger partial charge is 0.193 e. The summed E-state index contributed by atoms with van der Waals surface area (Å²) in [5, 5.41) is 3.42. The summed E-state index contributed by atoms with van der Waals surface area (Å²) >= 11 is 0. The van der Waals surface area contributed by atoms with Gasteiger partial charge in [-0.2, -0.15) is 0 Å². The van der Waals surface area contributed by atoms with Gasteiger partial charge in [-0.05, 0) is 25.3 Å². The van der Waals surface area contributed by atoms with Crippen LogP contribution in [0.25, 0.3) is 0 Å². The number of guanidine groups is 1. The van der Waals surface area contributed by atoms with Crippen LogP contribution in [0.4, 0.5) is 0 Å². The topological polar surface area (TPSA) is 27.6 Å². The van der Waals surface area contributed by atoms with Crippen molar-refractivity contribution in [2.45, 2.75) is 26.3 Å². The van der Waals surface area contributed by atoms with Crippen LogP contribution in [0.2, 0.25) is 0 Å². The Morgan fingerprint density at radius 1 is 1.24 bits per heavy atom. The highest BCUT2D eigenvalue weighted by Crippen LogP contribution is 2.08. The highest BCUT2D eigenvalue weighted by molar-refractivity contribution is 5.80. The zero-order valence-electron chi connectivity index (χ0n) is 10.7. The van der Waals surface area contributed by atoms with Gasteiger partial charge in [-0.3, -0.25) is 4.99 Å². The predicted molar refractivity (Wildman–Crippen MR) is 72.2 cm³/mol. The molecule has 3 nitrogen and oxygen atoms in total. The van der Waals surface area contributed by atoms with Crippen LogP contribution >= 0.6 is 0 Å². The van der Waals surface area contributed by atoms with Crippen LogP contribution in [0.5, 0.6) is 0 Å². The molecule has 0 spiro atoms. The molecule has 0 radical (unpaired) electrons. The van der Waals surface area contributed by atoms with Gasteiger partial charge in [0.2, 0.25) is 0 Å². The number of aryl methyl sites for hydroxylation is 1. The summed E-state index contributed by atoms with van der Waals surface area (Å²) in [6.45, 7) is 5.23. The van der Waals surface area contributed by atoms with Crippen molar-refractivity contribution < 1.29 is 0 Å². The summed E-state index contributed by atoms with van der Waals surface area (Å²) in [6, 6.07) is 8.63. The van der Waals surface area contributed by atoms with Crippen LogP contribution in [-0.4, -0.2) is 31.0 Å². The molecule has 1 heterocycles. The Kier molecular flexibility index (Phi) is 4.02. The van der Waals surface area contributed by atoms with Gasteiger partial charge in [-0.15, -0.1) is 0 Å². The lowest BCUT2D eigenvalue weighted by Crippen LogP contribution is -2.39. The van der Waals surface area contributed by atoms with E-state index in [0.717, 1.165) is 25.6 Å². The van der Waals surface area contributed by atoms with Crippen LogP contribution in [0.3, 0.4) is 0 Å². The molecule has 2 rings (SSSR count). The highest BCUT2D eigenvalue weighted by Gasteiger charge is 2.14. The molecular formula is C14H21N3. The molecule has 0 aromatic heterocycles. The van der Waals surface area contributed by atoms with Crippen LogP contribution in [0.1, 0.15) is 24.0 Å². The van der Waals surface area contributed by atoms with E-state index in [0.29, 0.717) is 0 Å².